The highest BCUT2D eigenvalue weighted by Gasteiger charge is 2.33. The van der Waals surface area contributed by atoms with E-state index >= 15 is 0 Å². The molecule has 0 spiro atoms. The van der Waals surface area contributed by atoms with Crippen LogP contribution in [-0.2, 0) is 6.42 Å². The third-order valence-electron chi connectivity index (χ3n) is 5.44. The normalized spacial score (nSPS) is 21.2. The number of nitrogens with zero attached hydrogens (tertiary/aromatic N) is 1. The average Bonchev–Trinajstić information content (AvgIpc) is 3.39. The molecule has 1 saturated carbocycles. The Morgan fingerprint density at radius 1 is 1.44 bits per heavy atom. The number of rotatable bonds is 8. The van der Waals surface area contributed by atoms with Gasteiger partial charge in [-0.3, -0.25) is 4.90 Å². The predicted octanol–water partition coefficient (Wildman–Crippen LogP) is 1.10. The van der Waals surface area contributed by atoms with Crippen LogP contribution in [0.15, 0.2) is 12.1 Å². The monoisotopic (exact) mass is 486 g/mol. The van der Waals surface area contributed by atoms with Gasteiger partial charge in [-0.25, -0.2) is 4.79 Å². The number of fused-ring (bicyclic) bond motifs is 1. The number of nitrogens with one attached hydrogen (secondary N) is 1. The van der Waals surface area contributed by atoms with Gasteiger partial charge in [-0.05, 0) is 37.2 Å². The molecular formula is C18H24BIN2O5. The Hall–Kier alpha value is -1.04. The van der Waals surface area contributed by atoms with Crippen molar-refractivity contribution in [2.45, 2.75) is 31.7 Å². The zero-order chi connectivity index (χ0) is 19.0. The summed E-state index contributed by atoms with van der Waals surface area (Å²) < 4.78 is 11.7. The number of aromatic carboxylic acids is 1. The Balaban J connectivity index is 1.32. The molecule has 0 amide bonds. The molecule has 27 heavy (non-hydrogen) atoms. The largest absolute Gasteiger partial charge is 0.634 e. The third kappa shape index (κ3) is 4.69. The fraction of sp³-hybridized carbons (Fsp3) is 0.611. The van der Waals surface area contributed by atoms with Crippen molar-refractivity contribution in [3.8, 4) is 11.5 Å². The molecule has 2 fully saturated rings. The van der Waals surface area contributed by atoms with Crippen molar-refractivity contribution in [1.82, 2.24) is 4.90 Å². The lowest BCUT2D eigenvalue weighted by atomic mass is 9.85. The highest BCUT2D eigenvalue weighted by Crippen LogP contribution is 2.38. The van der Waals surface area contributed by atoms with Crippen LogP contribution >= 0.6 is 22.4 Å². The third-order valence-corrected chi connectivity index (χ3v) is 6.32. The maximum atomic E-state index is 11.9. The van der Waals surface area contributed by atoms with Crippen molar-refractivity contribution < 1.29 is 24.4 Å². The molecule has 2 N–H and O–H groups in total. The second-order valence-corrected chi connectivity index (χ2v) is 9.12. The molecule has 0 bridgehead atoms. The molecule has 2 heterocycles. The SMILES string of the molecule is O=C(O)c1c(OC2CN(CC[NH+]([O-])CC3CC3)C2)ccc2c1OB(I)CC2. The van der Waals surface area contributed by atoms with E-state index < -0.39 is 5.97 Å². The summed E-state index contributed by atoms with van der Waals surface area (Å²) in [5, 5.41) is 21.9. The zero-order valence-electron chi connectivity index (χ0n) is 15.2. The van der Waals surface area contributed by atoms with Gasteiger partial charge < -0.3 is 24.8 Å². The van der Waals surface area contributed by atoms with Gasteiger partial charge in [0, 0.05) is 25.6 Å². The molecule has 1 aromatic carbocycles. The smallest absolute Gasteiger partial charge is 0.429 e. The fourth-order valence-corrected chi connectivity index (χ4v) is 4.25. The van der Waals surface area contributed by atoms with E-state index in [-0.39, 0.29) is 16.4 Å². The number of halogens is 1. The molecule has 1 aromatic rings. The van der Waals surface area contributed by atoms with E-state index in [1.54, 1.807) is 6.07 Å². The number of hydrogen-bond donors (Lipinski definition) is 2. The van der Waals surface area contributed by atoms with Crippen LogP contribution in [0.5, 0.6) is 11.5 Å². The first kappa shape index (κ1) is 19.3. The van der Waals surface area contributed by atoms with Gasteiger partial charge in [0.1, 0.15) is 23.2 Å². The van der Waals surface area contributed by atoms with Gasteiger partial charge in [-0.2, -0.15) is 0 Å². The molecule has 1 aliphatic carbocycles. The molecule has 2 aliphatic heterocycles. The Bertz CT molecular complexity index is 711. The van der Waals surface area contributed by atoms with Gasteiger partial charge in [0.05, 0.1) is 13.1 Å². The molecule has 3 aliphatic rings. The Labute approximate surface area is 172 Å². The number of carboxylic acid groups (broad SMARTS) is 1. The minimum absolute atomic E-state index is 0.0178. The molecule has 1 atom stereocenters. The van der Waals surface area contributed by atoms with Gasteiger partial charge in [-0.15, -0.1) is 0 Å². The van der Waals surface area contributed by atoms with E-state index in [1.165, 1.54) is 12.8 Å². The number of hydroxylamine groups is 2. The lowest BCUT2D eigenvalue weighted by Crippen LogP contribution is -3.08. The summed E-state index contributed by atoms with van der Waals surface area (Å²) in [6.45, 7) is 3.56. The Morgan fingerprint density at radius 3 is 2.93 bits per heavy atom. The fourth-order valence-electron chi connectivity index (χ4n) is 3.68. The first-order valence-electron chi connectivity index (χ1n) is 9.60. The van der Waals surface area contributed by atoms with Gasteiger partial charge in [0.25, 0.3) is 0 Å². The van der Waals surface area contributed by atoms with Crippen LogP contribution in [0.3, 0.4) is 0 Å². The topological polar surface area (TPSA) is 86.5 Å². The van der Waals surface area contributed by atoms with Crippen LogP contribution in [0.2, 0.25) is 6.32 Å². The highest BCUT2D eigenvalue weighted by atomic mass is 127. The van der Waals surface area contributed by atoms with E-state index in [9.17, 15) is 15.1 Å². The summed E-state index contributed by atoms with van der Waals surface area (Å²) >= 11 is 2.19. The van der Waals surface area contributed by atoms with Crippen LogP contribution in [-0.4, -0.2) is 59.6 Å². The van der Waals surface area contributed by atoms with Crippen LogP contribution in [0.25, 0.3) is 0 Å². The van der Waals surface area contributed by atoms with Crippen molar-refractivity contribution in [1.29, 1.82) is 0 Å². The summed E-state index contributed by atoms with van der Waals surface area (Å²) in [5.41, 5.74) is 1.06. The molecule has 146 valence electrons. The van der Waals surface area contributed by atoms with E-state index in [0.29, 0.717) is 29.0 Å². The maximum Gasteiger partial charge on any atom is 0.429 e. The number of quaternary nitrogens is 1. The molecule has 1 saturated heterocycles. The zero-order valence-corrected chi connectivity index (χ0v) is 17.3. The second kappa shape index (κ2) is 8.14. The first-order chi connectivity index (χ1) is 13.0. The number of benzene rings is 1. The predicted molar refractivity (Wildman–Crippen MR) is 110 cm³/mol. The summed E-state index contributed by atoms with van der Waals surface area (Å²) in [6, 6.07) is 3.66. The average molecular weight is 486 g/mol. The summed E-state index contributed by atoms with van der Waals surface area (Å²) in [7, 11) is 0. The molecule has 0 aromatic heterocycles. The lowest BCUT2D eigenvalue weighted by molar-refractivity contribution is -0.849. The second-order valence-electron chi connectivity index (χ2n) is 7.73. The minimum Gasteiger partial charge on any atom is -0.634 e. The van der Waals surface area contributed by atoms with Gasteiger partial charge in [0.15, 0.2) is 0 Å². The highest BCUT2D eigenvalue weighted by molar-refractivity contribution is 14.1. The first-order valence-corrected chi connectivity index (χ1v) is 10.8. The van der Waals surface area contributed by atoms with Gasteiger partial charge in [-0.1, -0.05) is 28.4 Å². The number of likely N-dealkylation sites (tertiary alicyclic amines) is 1. The van der Waals surface area contributed by atoms with Crippen LogP contribution in [0, 0.1) is 11.1 Å². The van der Waals surface area contributed by atoms with Crippen LogP contribution < -0.4 is 14.5 Å². The standard InChI is InChI=1S/C18H24BIN2O5/c20-19-6-5-13-3-4-15(16(18(23)24)17(13)27-19)26-14-10-21(11-14)7-8-22(25)9-12-1-2-12/h3-4,12,14,22H,1-2,5-11H2,(H,23,24). The van der Waals surface area contributed by atoms with Gasteiger partial charge in [0.2, 0.25) is 0 Å². The minimum atomic E-state index is -1.02. The number of carboxylic acids is 1. The summed E-state index contributed by atoms with van der Waals surface area (Å²) in [5.74, 6) is 0.454. The molecule has 1 unspecified atom stereocenters. The van der Waals surface area contributed by atoms with E-state index in [2.05, 4.69) is 27.3 Å². The Kier molecular flexibility index (Phi) is 5.82. The lowest BCUT2D eigenvalue weighted by Gasteiger charge is -2.40. The van der Waals surface area contributed by atoms with Crippen LogP contribution in [0.1, 0.15) is 28.8 Å². The Morgan fingerprint density at radius 2 is 2.22 bits per heavy atom. The number of carbonyl (C=O) groups is 1. The van der Waals surface area contributed by atoms with Crippen molar-refractivity contribution in [3.05, 3.63) is 28.5 Å². The molecular weight excluding hydrogens is 462 g/mol. The van der Waals surface area contributed by atoms with Crippen molar-refractivity contribution in [2.75, 3.05) is 32.7 Å². The van der Waals surface area contributed by atoms with Crippen molar-refractivity contribution >= 4 is 33.1 Å². The number of aryl methyl sites for hydroxylation is 1. The maximum absolute atomic E-state index is 11.9. The quantitative estimate of drug-likeness (QED) is 0.326. The summed E-state index contributed by atoms with van der Waals surface area (Å²) in [6.07, 6.45) is 4.07. The van der Waals surface area contributed by atoms with E-state index in [4.69, 9.17) is 9.39 Å². The molecule has 9 heteroatoms. The summed E-state index contributed by atoms with van der Waals surface area (Å²) in [4.78, 5) is 14.0. The van der Waals surface area contributed by atoms with E-state index in [1.807, 2.05) is 6.07 Å². The van der Waals surface area contributed by atoms with E-state index in [0.717, 1.165) is 44.5 Å². The van der Waals surface area contributed by atoms with Crippen LogP contribution in [0.4, 0.5) is 0 Å². The number of hydrogen-bond acceptors (Lipinski definition) is 5. The molecule has 4 rings (SSSR count). The molecule has 7 nitrogen and oxygen atoms in total. The van der Waals surface area contributed by atoms with Gasteiger partial charge >= 0.3 is 10.7 Å². The van der Waals surface area contributed by atoms with Crippen molar-refractivity contribution in [2.24, 2.45) is 5.92 Å². The van der Waals surface area contributed by atoms with Crippen molar-refractivity contribution in [3.63, 3.8) is 0 Å². The number of ether oxygens (including phenoxy) is 1. The molecule has 0 radical (unpaired) electrons.